The Morgan fingerprint density at radius 1 is 1.11 bits per heavy atom. The second-order valence-corrected chi connectivity index (χ2v) is 6.63. The standard InChI is InChI=1S/C16H26O3/c1-11-5-7-13-14(11)10-12(17)6-8-15(13)19-16-4-2-3-9-18-16/h11,13-16H,2-10H2,1H3/t11-,13-,14-,15-,16?/m0/s1. The van der Waals surface area contributed by atoms with Gasteiger partial charge in [-0.05, 0) is 49.9 Å². The van der Waals surface area contributed by atoms with Crippen molar-refractivity contribution < 1.29 is 14.3 Å². The topological polar surface area (TPSA) is 35.5 Å². The molecular weight excluding hydrogens is 240 g/mol. The molecule has 3 rings (SSSR count). The van der Waals surface area contributed by atoms with Crippen LogP contribution in [0.2, 0.25) is 0 Å². The smallest absolute Gasteiger partial charge is 0.157 e. The molecule has 5 atom stereocenters. The van der Waals surface area contributed by atoms with Crippen LogP contribution in [0.1, 0.15) is 58.3 Å². The van der Waals surface area contributed by atoms with E-state index in [4.69, 9.17) is 9.47 Å². The summed E-state index contributed by atoms with van der Waals surface area (Å²) < 4.78 is 12.0. The lowest BCUT2D eigenvalue weighted by atomic mass is 9.85. The Hall–Kier alpha value is -0.410. The molecule has 0 spiro atoms. The van der Waals surface area contributed by atoms with Crippen molar-refractivity contribution in [2.24, 2.45) is 17.8 Å². The van der Waals surface area contributed by atoms with Crippen molar-refractivity contribution in [3.63, 3.8) is 0 Å². The number of ketones is 1. The largest absolute Gasteiger partial charge is 0.353 e. The molecule has 0 N–H and O–H groups in total. The molecule has 1 heterocycles. The molecule has 0 radical (unpaired) electrons. The maximum absolute atomic E-state index is 11.9. The number of fused-ring (bicyclic) bond motifs is 1. The quantitative estimate of drug-likeness (QED) is 0.769. The molecule has 0 amide bonds. The number of carbonyl (C=O) groups excluding carboxylic acids is 1. The fraction of sp³-hybridized carbons (Fsp3) is 0.938. The molecule has 2 aliphatic carbocycles. The lowest BCUT2D eigenvalue weighted by molar-refractivity contribution is -0.201. The number of Topliss-reactive ketones (excluding diaryl/α,β-unsaturated/α-hetero) is 1. The van der Waals surface area contributed by atoms with E-state index in [1.54, 1.807) is 0 Å². The summed E-state index contributed by atoms with van der Waals surface area (Å²) in [5, 5.41) is 0. The Bertz CT molecular complexity index is 322. The van der Waals surface area contributed by atoms with Crippen LogP contribution in [0.25, 0.3) is 0 Å². The van der Waals surface area contributed by atoms with E-state index in [0.717, 1.165) is 32.3 Å². The molecule has 108 valence electrons. The molecule has 0 aromatic carbocycles. The Balaban J connectivity index is 1.66. The van der Waals surface area contributed by atoms with Crippen molar-refractivity contribution in [1.29, 1.82) is 0 Å². The minimum absolute atomic E-state index is 0.0106. The van der Waals surface area contributed by atoms with Gasteiger partial charge in [0.2, 0.25) is 0 Å². The van der Waals surface area contributed by atoms with E-state index < -0.39 is 0 Å². The second-order valence-electron chi connectivity index (χ2n) is 6.63. The molecule has 1 unspecified atom stereocenters. The summed E-state index contributed by atoms with van der Waals surface area (Å²) in [4.78, 5) is 11.9. The number of rotatable bonds is 2. The monoisotopic (exact) mass is 266 g/mol. The lowest BCUT2D eigenvalue weighted by Gasteiger charge is -2.32. The normalized spacial score (nSPS) is 43.8. The molecule has 1 saturated heterocycles. The van der Waals surface area contributed by atoms with Gasteiger partial charge in [0.15, 0.2) is 6.29 Å². The fourth-order valence-electron chi connectivity index (χ4n) is 4.18. The molecule has 3 fully saturated rings. The van der Waals surface area contributed by atoms with Crippen molar-refractivity contribution in [2.75, 3.05) is 6.61 Å². The van der Waals surface area contributed by atoms with Gasteiger partial charge in [-0.15, -0.1) is 0 Å². The van der Waals surface area contributed by atoms with Gasteiger partial charge >= 0.3 is 0 Å². The molecule has 0 bridgehead atoms. The van der Waals surface area contributed by atoms with Crippen LogP contribution in [0.3, 0.4) is 0 Å². The average molecular weight is 266 g/mol. The van der Waals surface area contributed by atoms with Gasteiger partial charge in [0, 0.05) is 19.4 Å². The molecule has 3 nitrogen and oxygen atoms in total. The van der Waals surface area contributed by atoms with Crippen LogP contribution in [0.5, 0.6) is 0 Å². The van der Waals surface area contributed by atoms with E-state index in [9.17, 15) is 4.79 Å². The van der Waals surface area contributed by atoms with Gasteiger partial charge < -0.3 is 9.47 Å². The highest BCUT2D eigenvalue weighted by Crippen LogP contribution is 2.45. The highest BCUT2D eigenvalue weighted by atomic mass is 16.7. The molecule has 3 aliphatic rings. The van der Waals surface area contributed by atoms with Gasteiger partial charge in [0.25, 0.3) is 0 Å². The zero-order valence-electron chi connectivity index (χ0n) is 12.0. The predicted molar refractivity (Wildman–Crippen MR) is 72.7 cm³/mol. The zero-order valence-corrected chi connectivity index (χ0v) is 12.0. The first kappa shape index (κ1) is 13.6. The Morgan fingerprint density at radius 2 is 2.00 bits per heavy atom. The van der Waals surface area contributed by atoms with Crippen LogP contribution < -0.4 is 0 Å². The van der Waals surface area contributed by atoms with E-state index in [0.29, 0.717) is 30.0 Å². The number of hydrogen-bond acceptors (Lipinski definition) is 3. The van der Waals surface area contributed by atoms with Crippen molar-refractivity contribution in [3.8, 4) is 0 Å². The summed E-state index contributed by atoms with van der Waals surface area (Å²) >= 11 is 0. The third kappa shape index (κ3) is 3.03. The third-order valence-corrected chi connectivity index (χ3v) is 5.35. The SMILES string of the molecule is C[C@H]1CC[C@H]2[C@H]1CC(=O)CC[C@@H]2OC1CCCCO1. The molecule has 19 heavy (non-hydrogen) atoms. The van der Waals surface area contributed by atoms with Crippen LogP contribution in [0.15, 0.2) is 0 Å². The Morgan fingerprint density at radius 3 is 2.79 bits per heavy atom. The van der Waals surface area contributed by atoms with Crippen molar-refractivity contribution in [1.82, 2.24) is 0 Å². The molecule has 0 aromatic heterocycles. The van der Waals surface area contributed by atoms with E-state index in [-0.39, 0.29) is 12.4 Å². The fourth-order valence-corrected chi connectivity index (χ4v) is 4.18. The molecule has 1 aliphatic heterocycles. The van der Waals surface area contributed by atoms with Gasteiger partial charge in [0.05, 0.1) is 6.10 Å². The van der Waals surface area contributed by atoms with E-state index in [1.165, 1.54) is 19.3 Å². The van der Waals surface area contributed by atoms with E-state index >= 15 is 0 Å². The second kappa shape index (κ2) is 5.92. The van der Waals surface area contributed by atoms with Gasteiger partial charge in [-0.1, -0.05) is 13.3 Å². The minimum Gasteiger partial charge on any atom is -0.353 e. The van der Waals surface area contributed by atoms with Crippen LogP contribution in [-0.4, -0.2) is 24.8 Å². The van der Waals surface area contributed by atoms with Gasteiger partial charge in [0.1, 0.15) is 5.78 Å². The summed E-state index contributed by atoms with van der Waals surface area (Å²) in [6.45, 7) is 3.14. The number of hydrogen-bond donors (Lipinski definition) is 0. The van der Waals surface area contributed by atoms with Crippen LogP contribution in [0, 0.1) is 17.8 Å². The molecule has 2 saturated carbocycles. The van der Waals surface area contributed by atoms with Crippen molar-refractivity contribution in [3.05, 3.63) is 0 Å². The maximum atomic E-state index is 11.9. The Kier molecular flexibility index (Phi) is 4.23. The maximum Gasteiger partial charge on any atom is 0.157 e. The third-order valence-electron chi connectivity index (χ3n) is 5.35. The van der Waals surface area contributed by atoms with E-state index in [2.05, 4.69) is 6.92 Å². The first-order chi connectivity index (χ1) is 9.24. The number of carbonyl (C=O) groups is 1. The van der Waals surface area contributed by atoms with Crippen LogP contribution >= 0.6 is 0 Å². The lowest BCUT2D eigenvalue weighted by Crippen LogP contribution is -2.33. The predicted octanol–water partition coefficient (Wildman–Crippen LogP) is 3.31. The Labute approximate surface area is 116 Å². The highest BCUT2D eigenvalue weighted by molar-refractivity contribution is 5.79. The van der Waals surface area contributed by atoms with Crippen LogP contribution in [-0.2, 0) is 14.3 Å². The highest BCUT2D eigenvalue weighted by Gasteiger charge is 2.42. The summed E-state index contributed by atoms with van der Waals surface area (Å²) in [6.07, 6.45) is 8.53. The summed E-state index contributed by atoms with van der Waals surface area (Å²) in [7, 11) is 0. The van der Waals surface area contributed by atoms with Gasteiger partial charge in [-0.2, -0.15) is 0 Å². The van der Waals surface area contributed by atoms with Crippen molar-refractivity contribution in [2.45, 2.75) is 70.7 Å². The average Bonchev–Trinajstić information content (AvgIpc) is 2.69. The first-order valence-corrected chi connectivity index (χ1v) is 8.03. The minimum atomic E-state index is -0.0106. The zero-order chi connectivity index (χ0) is 13.2. The molecule has 0 aromatic rings. The first-order valence-electron chi connectivity index (χ1n) is 8.03. The van der Waals surface area contributed by atoms with Gasteiger partial charge in [-0.25, -0.2) is 0 Å². The van der Waals surface area contributed by atoms with Crippen LogP contribution in [0.4, 0.5) is 0 Å². The van der Waals surface area contributed by atoms with Crippen molar-refractivity contribution >= 4 is 5.78 Å². The molecule has 3 heteroatoms. The number of ether oxygens (including phenoxy) is 2. The van der Waals surface area contributed by atoms with E-state index in [1.807, 2.05) is 0 Å². The van der Waals surface area contributed by atoms with Gasteiger partial charge in [-0.3, -0.25) is 4.79 Å². The summed E-state index contributed by atoms with van der Waals surface area (Å²) in [5.74, 6) is 2.28. The molecular formula is C16H26O3. The summed E-state index contributed by atoms with van der Waals surface area (Å²) in [5.41, 5.74) is 0. The summed E-state index contributed by atoms with van der Waals surface area (Å²) in [6, 6.07) is 0.